The Hall–Kier alpha value is -5.60. The van der Waals surface area contributed by atoms with Crippen molar-refractivity contribution in [3.8, 4) is 12.3 Å². The molecule has 30 atom stereocenters. The third kappa shape index (κ3) is 22.0. The highest BCUT2D eigenvalue weighted by atomic mass is 16.8. The second-order valence-electron chi connectivity index (χ2n) is 25.2. The first-order valence-electron chi connectivity index (χ1n) is 32.9. The maximum absolute atomic E-state index is 12.4. The van der Waals surface area contributed by atoms with E-state index in [0.29, 0.717) is 19.4 Å². The topological polar surface area (TPSA) is 440 Å². The van der Waals surface area contributed by atoms with Crippen LogP contribution in [0, 0.1) is 36.0 Å². The third-order valence-corrected chi connectivity index (χ3v) is 18.7. The van der Waals surface area contributed by atoms with Crippen molar-refractivity contribution in [2.75, 3.05) is 26.4 Å². The maximum atomic E-state index is 12.4. The number of terminal acetylenes is 1. The molecule has 6 aliphatic rings. The predicted octanol–water partition coefficient (Wildman–Crippen LogP) is 0.343. The van der Waals surface area contributed by atoms with Crippen molar-refractivity contribution in [1.82, 2.24) is 0 Å². The van der Waals surface area contributed by atoms with Gasteiger partial charge in [0, 0.05) is 30.1 Å². The lowest BCUT2D eigenvalue weighted by atomic mass is 9.88. The molecule has 0 saturated carbocycles. The zero-order valence-electron chi connectivity index (χ0n) is 56.4. The number of unbranched alkanes of at least 4 members (excludes halogenated alkanes) is 1. The molecule has 12 N–H and O–H groups in total. The number of aliphatic hydroxyl groups is 6. The van der Waals surface area contributed by atoms with E-state index in [1.54, 1.807) is 20.8 Å². The second-order valence-corrected chi connectivity index (χ2v) is 25.2. The van der Waals surface area contributed by atoms with Crippen LogP contribution in [0.2, 0.25) is 0 Å². The van der Waals surface area contributed by atoms with Crippen LogP contribution in [-0.2, 0) is 120 Å². The molecule has 6 saturated heterocycles. The van der Waals surface area contributed by atoms with Gasteiger partial charge in [-0.1, -0.05) is 119 Å². The maximum Gasteiger partial charge on any atom is 0.373 e. The summed E-state index contributed by atoms with van der Waals surface area (Å²) in [4.78, 5) is 48.8. The molecule has 3 aromatic rings. The van der Waals surface area contributed by atoms with Crippen molar-refractivity contribution in [2.45, 2.75) is 241 Å². The highest BCUT2D eigenvalue weighted by Crippen LogP contribution is 2.40. The van der Waals surface area contributed by atoms with Gasteiger partial charge in [-0.15, -0.1) is 12.3 Å². The molecule has 6 fully saturated rings. The van der Waals surface area contributed by atoms with Gasteiger partial charge in [0.2, 0.25) is 0 Å². The Balaban J connectivity index is 0.00000163. The SMILES string of the molecule is C#CCCCOC1OC(CO)[C@@H](O[C@@H]2OC(C)[C@H](O[C@@H]3OC(CO)[C@@H](O[C@@H]4OC(C)[C@H](O[C@@H]5OC(CO)[C@@H](O[C@@H]6OC(C)[C@@H](C)[C@@H](OCc7ccccc7)C6O)[C@H](C)C5N)[C@@H](OCc5ccccc5)C4O)[C@H](C)C3N)[C@@H](OCc3ccccc3)C2O)[C@H](C)C1N.O=C=O.O=C=O.O=C=O. The van der Waals surface area contributed by atoms with Gasteiger partial charge in [-0.2, -0.15) is 28.8 Å². The lowest BCUT2D eigenvalue weighted by molar-refractivity contribution is -0.378. The van der Waals surface area contributed by atoms with E-state index in [-0.39, 0.29) is 50.3 Å². The summed E-state index contributed by atoms with van der Waals surface area (Å²) in [6, 6.07) is 25.9. The van der Waals surface area contributed by atoms with Gasteiger partial charge in [-0.05, 0) is 43.9 Å². The lowest BCUT2D eigenvalue weighted by Gasteiger charge is -2.51. The van der Waals surface area contributed by atoms with Crippen molar-refractivity contribution in [3.63, 3.8) is 0 Å². The molecule has 0 aliphatic carbocycles. The van der Waals surface area contributed by atoms with Crippen molar-refractivity contribution in [2.24, 2.45) is 40.9 Å². The zero-order chi connectivity index (χ0) is 72.5. The standard InChI is InChI=1S/C66H97N3O21.3CO2/c1-9-10-20-27-76-61-47(67)35(3)53(44(28-70)83-61)87-65-51(74)59(78-32-42-23-16-12-17-24-42)57(39(7)81-65)90-63-49(69)37(5)55(46(30-72)85-63)88-66-52(75)60(79-33-43-25-18-13-19-26-43)58(40(8)82-66)89-62-48(68)36(4)54(45(29-71)84-62)86-64-50(73)56(34(2)38(6)80-64)77-31-41-21-14-11-15-22-41;3*2-1-3/h1,11-19,21-26,34-40,44-66,70-75H,10,20,27-33,67-69H2,2-8H3;;;/t34-,35-,36-,37-,38?,39?,40?,44?,45?,46?,47?,48?,49?,50?,51?,52?,53+,54+,55+,56-,57+,58+,59+,60+,61?,62+,63+,64+,65+,66+;;;/m1.../s1. The Labute approximate surface area is 575 Å². The third-order valence-electron chi connectivity index (χ3n) is 18.7. The number of ether oxygens (including phenoxy) is 15. The quantitative estimate of drug-likeness (QED) is 0.0386. The van der Waals surface area contributed by atoms with E-state index >= 15 is 0 Å². The Bertz CT molecular complexity index is 2900. The van der Waals surface area contributed by atoms with Crippen LogP contribution in [-0.4, -0.2) is 235 Å². The van der Waals surface area contributed by atoms with E-state index in [1.807, 2.05) is 119 Å². The van der Waals surface area contributed by atoms with Gasteiger partial charge in [0.15, 0.2) is 37.7 Å². The van der Waals surface area contributed by atoms with Crippen LogP contribution in [0.3, 0.4) is 0 Å². The Morgan fingerprint density at radius 2 is 0.677 bits per heavy atom. The number of hydrogen-bond donors (Lipinski definition) is 9. The molecule has 550 valence electrons. The molecule has 6 aliphatic heterocycles. The summed E-state index contributed by atoms with van der Waals surface area (Å²) in [5.74, 6) is 0.767. The number of rotatable bonds is 26. The first kappa shape index (κ1) is 82.4. The molecule has 6 heterocycles. The summed E-state index contributed by atoms with van der Waals surface area (Å²) in [6.07, 6.45) is -16.8. The first-order valence-corrected chi connectivity index (χ1v) is 32.9. The summed E-state index contributed by atoms with van der Waals surface area (Å²) >= 11 is 0. The minimum Gasteiger partial charge on any atom is -0.394 e. The van der Waals surface area contributed by atoms with E-state index in [2.05, 4.69) is 5.92 Å². The van der Waals surface area contributed by atoms with Gasteiger partial charge in [0.25, 0.3) is 0 Å². The lowest BCUT2D eigenvalue weighted by Crippen LogP contribution is -2.67. The van der Waals surface area contributed by atoms with Crippen LogP contribution in [0.1, 0.15) is 78.0 Å². The first-order chi connectivity index (χ1) is 47.6. The summed E-state index contributed by atoms with van der Waals surface area (Å²) in [5, 5.41) is 68.8. The Morgan fingerprint density at radius 3 is 1.01 bits per heavy atom. The van der Waals surface area contributed by atoms with E-state index in [1.165, 1.54) is 0 Å². The monoisotopic (exact) mass is 1400 g/mol. The van der Waals surface area contributed by atoms with Crippen molar-refractivity contribution in [1.29, 1.82) is 0 Å². The predicted molar refractivity (Wildman–Crippen MR) is 337 cm³/mol. The number of hydrogen-bond acceptors (Lipinski definition) is 30. The van der Waals surface area contributed by atoms with Gasteiger partial charge in [-0.3, -0.25) is 0 Å². The minimum absolute atomic E-state index is 0.0465. The molecule has 0 amide bonds. The van der Waals surface area contributed by atoms with Gasteiger partial charge >= 0.3 is 18.5 Å². The highest BCUT2D eigenvalue weighted by Gasteiger charge is 2.56. The molecular weight excluding hydrogens is 1300 g/mol. The summed E-state index contributed by atoms with van der Waals surface area (Å²) < 4.78 is 96.5. The van der Waals surface area contributed by atoms with Crippen LogP contribution in [0.15, 0.2) is 91.0 Å². The molecule has 99 heavy (non-hydrogen) atoms. The summed E-state index contributed by atoms with van der Waals surface area (Å²) in [6.45, 7) is 11.9. The zero-order valence-corrected chi connectivity index (χ0v) is 56.4. The molecule has 30 heteroatoms. The van der Waals surface area contributed by atoms with Crippen molar-refractivity contribution in [3.05, 3.63) is 108 Å². The van der Waals surface area contributed by atoms with Crippen molar-refractivity contribution >= 4 is 18.5 Å². The molecule has 0 bridgehead atoms. The molecule has 0 spiro atoms. The Kier molecular flexibility index (Phi) is 34.5. The summed E-state index contributed by atoms with van der Waals surface area (Å²) in [7, 11) is 0. The van der Waals surface area contributed by atoms with Gasteiger partial charge in [0.1, 0.15) is 61.0 Å². The molecule has 0 aromatic heterocycles. The van der Waals surface area contributed by atoms with Gasteiger partial charge < -0.3 is 119 Å². The van der Waals surface area contributed by atoms with Gasteiger partial charge in [-0.25, -0.2) is 0 Å². The molecule has 13 unspecified atom stereocenters. The molecule has 0 radical (unpaired) electrons. The molecule has 3 aromatic carbocycles. The van der Waals surface area contributed by atoms with Crippen LogP contribution in [0.4, 0.5) is 0 Å². The van der Waals surface area contributed by atoms with Crippen LogP contribution in [0.25, 0.3) is 0 Å². The largest absolute Gasteiger partial charge is 0.394 e. The van der Waals surface area contributed by atoms with Gasteiger partial charge in [0.05, 0.1) is 107 Å². The van der Waals surface area contributed by atoms with Crippen molar-refractivity contribution < 1.29 is 130 Å². The number of carbonyl (C=O) groups excluding carboxylic acids is 6. The number of benzene rings is 3. The molecular formula is C69H97N3O27. The second kappa shape index (κ2) is 41.5. The van der Waals surface area contributed by atoms with Crippen LogP contribution < -0.4 is 17.2 Å². The number of nitrogens with two attached hydrogens (primary N) is 3. The summed E-state index contributed by atoms with van der Waals surface area (Å²) in [5.41, 5.74) is 23.2. The highest BCUT2D eigenvalue weighted by molar-refractivity contribution is 5.21. The van der Waals surface area contributed by atoms with E-state index in [4.69, 9.17) is 123 Å². The van der Waals surface area contributed by atoms with Crippen LogP contribution in [0.5, 0.6) is 0 Å². The fourth-order valence-corrected chi connectivity index (χ4v) is 12.8. The van der Waals surface area contributed by atoms with Crippen LogP contribution >= 0.6 is 0 Å². The fourth-order valence-electron chi connectivity index (χ4n) is 12.8. The normalized spacial score (nSPS) is 38.9. The van der Waals surface area contributed by atoms with E-state index < -0.39 is 191 Å². The average Bonchev–Trinajstić information content (AvgIpc) is 0.764. The van der Waals surface area contributed by atoms with E-state index in [0.717, 1.165) is 16.7 Å². The Morgan fingerprint density at radius 1 is 0.384 bits per heavy atom. The smallest absolute Gasteiger partial charge is 0.373 e. The fraction of sp³-hybridized carbons (Fsp3) is 0.667. The van der Waals surface area contributed by atoms with E-state index in [9.17, 15) is 30.6 Å². The average molecular weight is 1400 g/mol. The molecule has 30 nitrogen and oxygen atoms in total. The molecule has 9 rings (SSSR count). The minimum atomic E-state index is -1.54. The number of aliphatic hydroxyl groups excluding tert-OH is 6.